The third kappa shape index (κ3) is 2.60. The number of hydrogen-bond donors (Lipinski definition) is 0. The summed E-state index contributed by atoms with van der Waals surface area (Å²) in [7, 11) is 4.03. The van der Waals surface area contributed by atoms with Crippen LogP contribution < -0.4 is 4.90 Å². The van der Waals surface area contributed by atoms with Crippen LogP contribution in [-0.4, -0.2) is 22.9 Å². The van der Waals surface area contributed by atoms with Gasteiger partial charge >= 0.3 is 0 Å². The summed E-state index contributed by atoms with van der Waals surface area (Å²) in [5, 5.41) is 13.7. The van der Waals surface area contributed by atoms with Crippen molar-refractivity contribution in [3.8, 4) is 6.07 Å². The summed E-state index contributed by atoms with van der Waals surface area (Å²) in [6.45, 7) is 4.19. The van der Waals surface area contributed by atoms with Crippen LogP contribution in [-0.2, 0) is 7.05 Å². The van der Waals surface area contributed by atoms with Gasteiger partial charge in [0, 0.05) is 20.1 Å². The highest BCUT2D eigenvalue weighted by Gasteiger charge is 2.27. The van der Waals surface area contributed by atoms with Crippen LogP contribution in [0.15, 0.2) is 0 Å². The van der Waals surface area contributed by atoms with E-state index in [1.54, 1.807) is 0 Å². The van der Waals surface area contributed by atoms with E-state index in [2.05, 4.69) is 30.0 Å². The zero-order valence-electron chi connectivity index (χ0n) is 12.5. The highest BCUT2D eigenvalue weighted by atomic mass is 15.4. The third-order valence-electron chi connectivity index (χ3n) is 4.58. The number of nitriles is 1. The first-order valence-corrected chi connectivity index (χ1v) is 7.25. The minimum Gasteiger partial charge on any atom is -0.356 e. The van der Waals surface area contributed by atoms with Crippen molar-refractivity contribution < 1.29 is 0 Å². The van der Waals surface area contributed by atoms with Gasteiger partial charge in [0.1, 0.15) is 17.5 Å². The molecule has 0 atom stereocenters. The van der Waals surface area contributed by atoms with E-state index in [-0.39, 0.29) is 0 Å². The van der Waals surface area contributed by atoms with Crippen LogP contribution in [0.5, 0.6) is 0 Å². The summed E-state index contributed by atoms with van der Waals surface area (Å²) in [5.41, 5.74) is 1.55. The number of nitrogens with zero attached hydrogens (tertiary/aromatic N) is 4. The molecule has 0 N–H and O–H groups in total. The van der Waals surface area contributed by atoms with Gasteiger partial charge in [0.2, 0.25) is 0 Å². The molecular weight excluding hydrogens is 236 g/mol. The third-order valence-corrected chi connectivity index (χ3v) is 4.58. The zero-order valence-corrected chi connectivity index (χ0v) is 12.5. The second-order valence-corrected chi connectivity index (χ2v) is 5.71. The van der Waals surface area contributed by atoms with E-state index >= 15 is 0 Å². The molecule has 0 radical (unpaired) electrons. The first-order chi connectivity index (χ1) is 9.08. The largest absolute Gasteiger partial charge is 0.356 e. The van der Waals surface area contributed by atoms with Crippen molar-refractivity contribution in [2.75, 3.05) is 11.9 Å². The van der Waals surface area contributed by atoms with Crippen LogP contribution in [0.2, 0.25) is 0 Å². The molecule has 1 aliphatic carbocycles. The van der Waals surface area contributed by atoms with E-state index in [1.165, 1.54) is 32.1 Å². The van der Waals surface area contributed by atoms with Crippen molar-refractivity contribution in [1.29, 1.82) is 5.26 Å². The molecule has 2 rings (SSSR count). The Morgan fingerprint density at radius 2 is 2.00 bits per heavy atom. The lowest BCUT2D eigenvalue weighted by Crippen LogP contribution is -2.36. The monoisotopic (exact) mass is 260 g/mol. The lowest BCUT2D eigenvalue weighted by Gasteiger charge is -2.35. The first kappa shape index (κ1) is 13.9. The Morgan fingerprint density at radius 1 is 1.37 bits per heavy atom. The molecule has 1 fully saturated rings. The van der Waals surface area contributed by atoms with Gasteiger partial charge in [0.25, 0.3) is 0 Å². The lowest BCUT2D eigenvalue weighted by atomic mass is 9.84. The average Bonchev–Trinajstić information content (AvgIpc) is 2.72. The Labute approximate surface area is 116 Å². The molecule has 4 nitrogen and oxygen atoms in total. The number of aryl methyl sites for hydroxylation is 2. The standard InChI is InChI=1S/C15H24N4/c1-5-12-6-8-13(9-7-12)18(3)15-14(10-16)11(2)17-19(15)4/h12-13H,5-9H2,1-4H3. The van der Waals surface area contributed by atoms with Gasteiger partial charge < -0.3 is 4.90 Å². The summed E-state index contributed by atoms with van der Waals surface area (Å²) >= 11 is 0. The molecule has 0 unspecified atom stereocenters. The Hall–Kier alpha value is -1.50. The number of aromatic nitrogens is 2. The number of anilines is 1. The molecule has 0 spiro atoms. The van der Waals surface area contributed by atoms with Crippen LogP contribution in [0.4, 0.5) is 5.82 Å². The molecule has 1 saturated carbocycles. The van der Waals surface area contributed by atoms with Crippen LogP contribution in [0, 0.1) is 24.2 Å². The van der Waals surface area contributed by atoms with E-state index in [0.717, 1.165) is 23.0 Å². The van der Waals surface area contributed by atoms with Crippen LogP contribution >= 0.6 is 0 Å². The predicted octanol–water partition coefficient (Wildman–Crippen LogP) is 3.01. The van der Waals surface area contributed by atoms with Crippen LogP contribution in [0.1, 0.15) is 50.3 Å². The quantitative estimate of drug-likeness (QED) is 0.839. The molecule has 1 aromatic heterocycles. The summed E-state index contributed by atoms with van der Waals surface area (Å²) in [5.74, 6) is 1.87. The fourth-order valence-electron chi connectivity index (χ4n) is 3.29. The Kier molecular flexibility index (Phi) is 4.14. The van der Waals surface area contributed by atoms with Gasteiger partial charge in [-0.1, -0.05) is 13.3 Å². The van der Waals surface area contributed by atoms with E-state index < -0.39 is 0 Å². The second-order valence-electron chi connectivity index (χ2n) is 5.71. The molecule has 0 saturated heterocycles. The second kappa shape index (κ2) is 5.64. The molecule has 1 aromatic rings. The average molecular weight is 260 g/mol. The molecular formula is C15H24N4. The number of rotatable bonds is 3. The fourth-order valence-corrected chi connectivity index (χ4v) is 3.29. The molecule has 19 heavy (non-hydrogen) atoms. The van der Waals surface area contributed by atoms with E-state index in [1.807, 2.05) is 18.7 Å². The minimum atomic E-state index is 0.546. The molecule has 0 amide bonds. The van der Waals surface area contributed by atoms with Crippen LogP contribution in [0.3, 0.4) is 0 Å². The molecule has 0 bridgehead atoms. The predicted molar refractivity (Wildman–Crippen MR) is 77.1 cm³/mol. The van der Waals surface area contributed by atoms with Gasteiger partial charge in [-0.05, 0) is 38.5 Å². The van der Waals surface area contributed by atoms with Crippen LogP contribution in [0.25, 0.3) is 0 Å². The van der Waals surface area contributed by atoms with E-state index in [4.69, 9.17) is 0 Å². The Bertz CT molecular complexity index is 475. The summed E-state index contributed by atoms with van der Waals surface area (Å²) < 4.78 is 1.85. The normalized spacial score (nSPS) is 23.1. The molecule has 4 heteroatoms. The first-order valence-electron chi connectivity index (χ1n) is 7.25. The lowest BCUT2D eigenvalue weighted by molar-refractivity contribution is 0.312. The highest BCUT2D eigenvalue weighted by molar-refractivity contribution is 5.57. The maximum absolute atomic E-state index is 9.31. The molecule has 0 aromatic carbocycles. The smallest absolute Gasteiger partial charge is 0.144 e. The maximum atomic E-state index is 9.31. The molecule has 1 aliphatic rings. The van der Waals surface area contributed by atoms with Crippen molar-refractivity contribution in [1.82, 2.24) is 9.78 Å². The van der Waals surface area contributed by atoms with Gasteiger partial charge in [-0.15, -0.1) is 0 Å². The van der Waals surface area contributed by atoms with Gasteiger partial charge in [-0.25, -0.2) is 0 Å². The Balaban J connectivity index is 2.17. The van der Waals surface area contributed by atoms with Gasteiger partial charge in [-0.2, -0.15) is 10.4 Å². The van der Waals surface area contributed by atoms with Crippen molar-refractivity contribution in [3.05, 3.63) is 11.3 Å². The van der Waals surface area contributed by atoms with Crippen molar-refractivity contribution in [2.45, 2.75) is 52.0 Å². The molecule has 0 aliphatic heterocycles. The van der Waals surface area contributed by atoms with Crippen molar-refractivity contribution in [2.24, 2.45) is 13.0 Å². The van der Waals surface area contributed by atoms with Gasteiger partial charge in [-0.3, -0.25) is 4.68 Å². The number of hydrogen-bond acceptors (Lipinski definition) is 3. The van der Waals surface area contributed by atoms with Crippen molar-refractivity contribution in [3.63, 3.8) is 0 Å². The summed E-state index contributed by atoms with van der Waals surface area (Å²) in [6, 6.07) is 2.85. The van der Waals surface area contributed by atoms with E-state index in [9.17, 15) is 5.26 Å². The van der Waals surface area contributed by atoms with Crippen molar-refractivity contribution >= 4 is 5.82 Å². The fraction of sp³-hybridized carbons (Fsp3) is 0.733. The topological polar surface area (TPSA) is 44.9 Å². The Morgan fingerprint density at radius 3 is 2.53 bits per heavy atom. The minimum absolute atomic E-state index is 0.546. The maximum Gasteiger partial charge on any atom is 0.144 e. The summed E-state index contributed by atoms with van der Waals surface area (Å²) in [4.78, 5) is 2.27. The highest BCUT2D eigenvalue weighted by Crippen LogP contribution is 2.32. The molecule has 1 heterocycles. The summed E-state index contributed by atoms with van der Waals surface area (Å²) in [6.07, 6.45) is 6.37. The van der Waals surface area contributed by atoms with Gasteiger partial charge in [0.05, 0.1) is 5.69 Å². The molecule has 104 valence electrons. The SMILES string of the molecule is CCC1CCC(N(C)c2c(C#N)c(C)nn2C)CC1. The van der Waals surface area contributed by atoms with Gasteiger partial charge in [0.15, 0.2) is 0 Å². The van der Waals surface area contributed by atoms with E-state index in [0.29, 0.717) is 6.04 Å². The zero-order chi connectivity index (χ0) is 14.0.